The van der Waals surface area contributed by atoms with Crippen molar-refractivity contribution in [1.82, 2.24) is 19.4 Å². The van der Waals surface area contributed by atoms with Crippen LogP contribution in [0.4, 0.5) is 17.6 Å². The SMILES string of the molecule is O=C(N1CCN(S(=O)(=O)c2ccn[nH]2)CC1)C(F)(F)C(F)F. The predicted molar refractivity (Wildman–Crippen MR) is 64.9 cm³/mol. The van der Waals surface area contributed by atoms with E-state index >= 15 is 0 Å². The van der Waals surface area contributed by atoms with Crippen LogP contribution in [0.1, 0.15) is 0 Å². The number of hydrogen-bond donors (Lipinski definition) is 1. The zero-order chi connectivity index (χ0) is 16.5. The van der Waals surface area contributed by atoms with Crippen LogP contribution in [0.25, 0.3) is 0 Å². The molecule has 0 saturated carbocycles. The van der Waals surface area contributed by atoms with Crippen molar-refractivity contribution in [2.24, 2.45) is 0 Å². The Balaban J connectivity index is 2.04. The molecular weight excluding hydrogens is 332 g/mol. The number of hydrogen-bond acceptors (Lipinski definition) is 4. The smallest absolute Gasteiger partial charge is 0.335 e. The highest BCUT2D eigenvalue weighted by atomic mass is 32.2. The monoisotopic (exact) mass is 344 g/mol. The van der Waals surface area contributed by atoms with Gasteiger partial charge in [0, 0.05) is 26.2 Å². The Morgan fingerprint density at radius 1 is 1.27 bits per heavy atom. The molecule has 0 radical (unpaired) electrons. The molecule has 22 heavy (non-hydrogen) atoms. The van der Waals surface area contributed by atoms with Crippen LogP contribution in [0.15, 0.2) is 17.3 Å². The number of H-pyrrole nitrogens is 1. The van der Waals surface area contributed by atoms with Crippen LogP contribution in [0.5, 0.6) is 0 Å². The first kappa shape index (κ1) is 16.7. The van der Waals surface area contributed by atoms with Gasteiger partial charge in [-0.25, -0.2) is 17.2 Å². The van der Waals surface area contributed by atoms with Crippen LogP contribution in [0.2, 0.25) is 0 Å². The lowest BCUT2D eigenvalue weighted by Crippen LogP contribution is -2.56. The molecule has 0 aliphatic carbocycles. The van der Waals surface area contributed by atoms with Crippen LogP contribution in [-0.4, -0.2) is 72.3 Å². The molecule has 1 aliphatic heterocycles. The molecule has 2 rings (SSSR count). The number of rotatable bonds is 4. The van der Waals surface area contributed by atoms with E-state index in [-0.39, 0.29) is 18.1 Å². The van der Waals surface area contributed by atoms with Gasteiger partial charge in [-0.2, -0.15) is 18.2 Å². The lowest BCUT2D eigenvalue weighted by Gasteiger charge is -2.35. The van der Waals surface area contributed by atoms with Gasteiger partial charge in [-0.15, -0.1) is 0 Å². The lowest BCUT2D eigenvalue weighted by molar-refractivity contribution is -0.181. The number of aromatic amines is 1. The van der Waals surface area contributed by atoms with E-state index in [0.29, 0.717) is 4.90 Å². The zero-order valence-corrected chi connectivity index (χ0v) is 11.9. The molecular formula is C10H12F4N4O3S. The Bertz CT molecular complexity index is 627. The third kappa shape index (κ3) is 2.92. The van der Waals surface area contributed by atoms with Crippen molar-refractivity contribution in [1.29, 1.82) is 0 Å². The quantitative estimate of drug-likeness (QED) is 0.788. The van der Waals surface area contributed by atoms with Crippen LogP contribution in [0, 0.1) is 0 Å². The van der Waals surface area contributed by atoms with E-state index in [1.165, 1.54) is 12.3 Å². The van der Waals surface area contributed by atoms with Gasteiger partial charge in [0.05, 0.1) is 6.20 Å². The molecule has 7 nitrogen and oxygen atoms in total. The number of alkyl halides is 4. The van der Waals surface area contributed by atoms with E-state index < -0.39 is 41.4 Å². The largest absolute Gasteiger partial charge is 0.383 e. The minimum Gasteiger partial charge on any atom is -0.335 e. The van der Waals surface area contributed by atoms with Crippen molar-refractivity contribution in [2.45, 2.75) is 17.4 Å². The first-order valence-electron chi connectivity index (χ1n) is 6.12. The van der Waals surface area contributed by atoms with Crippen LogP contribution in [-0.2, 0) is 14.8 Å². The van der Waals surface area contributed by atoms with Crippen LogP contribution >= 0.6 is 0 Å². The molecule has 1 saturated heterocycles. The third-order valence-corrected chi connectivity index (χ3v) is 5.01. The minimum absolute atomic E-state index is 0.176. The Morgan fingerprint density at radius 2 is 1.86 bits per heavy atom. The van der Waals surface area contributed by atoms with Crippen LogP contribution in [0.3, 0.4) is 0 Å². The van der Waals surface area contributed by atoms with Gasteiger partial charge in [-0.05, 0) is 6.07 Å². The highest BCUT2D eigenvalue weighted by Gasteiger charge is 2.51. The third-order valence-electron chi connectivity index (χ3n) is 3.18. The normalized spacial score (nSPS) is 18.0. The fourth-order valence-corrected chi connectivity index (χ4v) is 3.28. The van der Waals surface area contributed by atoms with Gasteiger partial charge in [0.2, 0.25) is 0 Å². The summed E-state index contributed by atoms with van der Waals surface area (Å²) < 4.78 is 75.5. The summed E-state index contributed by atoms with van der Waals surface area (Å²) in [6, 6.07) is 1.22. The first-order chi connectivity index (χ1) is 10.2. The number of piperazine rings is 1. The van der Waals surface area contributed by atoms with Gasteiger partial charge < -0.3 is 4.90 Å². The Hall–Kier alpha value is -1.69. The van der Waals surface area contributed by atoms with Gasteiger partial charge in [0.15, 0.2) is 5.03 Å². The molecule has 1 aliphatic rings. The molecule has 2 heterocycles. The van der Waals surface area contributed by atoms with Crippen molar-refractivity contribution in [2.75, 3.05) is 26.2 Å². The minimum atomic E-state index is -4.77. The fraction of sp³-hybridized carbons (Fsp3) is 0.600. The molecule has 0 atom stereocenters. The van der Waals surface area contributed by atoms with Gasteiger partial charge >= 0.3 is 12.3 Å². The molecule has 124 valence electrons. The summed E-state index contributed by atoms with van der Waals surface area (Å²) in [4.78, 5) is 11.9. The van der Waals surface area contributed by atoms with Crippen molar-refractivity contribution in [3.63, 3.8) is 0 Å². The summed E-state index contributed by atoms with van der Waals surface area (Å²) >= 11 is 0. The molecule has 12 heteroatoms. The summed E-state index contributed by atoms with van der Waals surface area (Å²) in [5, 5.41) is 5.59. The molecule has 0 spiro atoms. The van der Waals surface area contributed by atoms with E-state index in [2.05, 4.69) is 10.2 Å². The molecule has 0 bridgehead atoms. The number of amides is 1. The van der Waals surface area contributed by atoms with Crippen molar-refractivity contribution < 1.29 is 30.8 Å². The van der Waals surface area contributed by atoms with Crippen LogP contribution < -0.4 is 0 Å². The molecule has 1 aromatic rings. The summed E-state index contributed by atoms with van der Waals surface area (Å²) in [5.74, 6) is -6.77. The second-order valence-electron chi connectivity index (χ2n) is 4.54. The fourth-order valence-electron chi connectivity index (χ4n) is 1.96. The van der Waals surface area contributed by atoms with Crippen molar-refractivity contribution >= 4 is 15.9 Å². The highest BCUT2D eigenvalue weighted by Crippen LogP contribution is 2.26. The Kier molecular flexibility index (Phi) is 4.42. The van der Waals surface area contributed by atoms with Gasteiger partial charge in [-0.3, -0.25) is 9.89 Å². The van der Waals surface area contributed by atoms with E-state index in [1.54, 1.807) is 0 Å². The number of sulfonamides is 1. The van der Waals surface area contributed by atoms with E-state index in [0.717, 1.165) is 4.31 Å². The number of aromatic nitrogens is 2. The average Bonchev–Trinajstić information content (AvgIpc) is 3.01. The second kappa shape index (κ2) is 5.83. The average molecular weight is 344 g/mol. The number of nitrogens with one attached hydrogen (secondary N) is 1. The molecule has 0 aromatic carbocycles. The van der Waals surface area contributed by atoms with E-state index in [9.17, 15) is 30.8 Å². The van der Waals surface area contributed by atoms with Gasteiger partial charge in [-0.1, -0.05) is 0 Å². The standard InChI is InChI=1S/C10H12F4N4O3S/c11-8(12)10(13,14)9(19)17-3-5-18(6-4-17)22(20,21)7-1-2-15-16-7/h1-2,8H,3-6H2,(H,15,16). The van der Waals surface area contributed by atoms with Gasteiger partial charge in [0.25, 0.3) is 15.9 Å². The Labute approximate surface area is 122 Å². The summed E-state index contributed by atoms with van der Waals surface area (Å²) in [7, 11) is -3.88. The summed E-state index contributed by atoms with van der Waals surface area (Å²) in [5.41, 5.74) is 0. The molecule has 1 amide bonds. The molecule has 1 aromatic heterocycles. The maximum Gasteiger partial charge on any atom is 0.383 e. The highest BCUT2D eigenvalue weighted by molar-refractivity contribution is 7.89. The number of halogens is 4. The Morgan fingerprint density at radius 3 is 2.32 bits per heavy atom. The molecule has 0 unspecified atom stereocenters. The topological polar surface area (TPSA) is 86.4 Å². The molecule has 1 N–H and O–H groups in total. The van der Waals surface area contributed by atoms with Crippen molar-refractivity contribution in [3.05, 3.63) is 12.3 Å². The van der Waals surface area contributed by atoms with E-state index in [4.69, 9.17) is 0 Å². The lowest BCUT2D eigenvalue weighted by atomic mass is 10.2. The summed E-state index contributed by atoms with van der Waals surface area (Å²) in [6.07, 6.45) is -2.87. The number of carbonyl (C=O) groups is 1. The van der Waals surface area contributed by atoms with E-state index in [1.807, 2.05) is 0 Å². The number of nitrogens with zero attached hydrogens (tertiary/aromatic N) is 3. The molecule has 1 fully saturated rings. The zero-order valence-electron chi connectivity index (χ0n) is 11.0. The van der Waals surface area contributed by atoms with Gasteiger partial charge in [0.1, 0.15) is 0 Å². The predicted octanol–water partition coefficient (Wildman–Crippen LogP) is 0.143. The second-order valence-corrected chi connectivity index (χ2v) is 6.45. The number of carbonyl (C=O) groups excluding carboxylic acids is 1. The first-order valence-corrected chi connectivity index (χ1v) is 7.56. The maximum atomic E-state index is 13.0. The maximum absolute atomic E-state index is 13.0. The van der Waals surface area contributed by atoms with Crippen molar-refractivity contribution in [3.8, 4) is 0 Å². The summed E-state index contributed by atoms with van der Waals surface area (Å²) in [6.45, 7) is -1.33.